The van der Waals surface area contributed by atoms with E-state index in [0.29, 0.717) is 28.1 Å². The molecule has 1 aliphatic rings. The summed E-state index contributed by atoms with van der Waals surface area (Å²) in [4.78, 5) is 44.1. The SMILES string of the molecule is COC(=O)c1c(C)[nH]c(C(=O)C(C)N2CCN(c3ccc(C(C)=O)cc3)CC2)c1C. The molecule has 2 aromatic rings. The van der Waals surface area contributed by atoms with Crippen LogP contribution in [0.15, 0.2) is 24.3 Å². The van der Waals surface area contributed by atoms with Crippen LogP contribution in [-0.2, 0) is 4.74 Å². The number of hydrogen-bond donors (Lipinski definition) is 1. The van der Waals surface area contributed by atoms with Gasteiger partial charge in [-0.3, -0.25) is 14.5 Å². The summed E-state index contributed by atoms with van der Waals surface area (Å²) < 4.78 is 4.84. The van der Waals surface area contributed by atoms with Gasteiger partial charge < -0.3 is 14.6 Å². The van der Waals surface area contributed by atoms with E-state index in [1.54, 1.807) is 20.8 Å². The largest absolute Gasteiger partial charge is 0.465 e. The molecule has 1 aromatic carbocycles. The molecule has 3 rings (SSSR count). The molecule has 7 heteroatoms. The standard InChI is InChI=1S/C23H29N3O4/c1-14-20(23(29)30-5)15(2)24-21(14)22(28)16(3)25-10-12-26(13-11-25)19-8-6-18(7-9-19)17(4)27/h6-9,16,24H,10-13H2,1-5H3. The van der Waals surface area contributed by atoms with E-state index in [4.69, 9.17) is 4.74 Å². The Labute approximate surface area is 177 Å². The molecule has 0 aliphatic carbocycles. The smallest absolute Gasteiger partial charge is 0.339 e. The number of aryl methyl sites for hydroxylation is 1. The average Bonchev–Trinajstić information content (AvgIpc) is 3.06. The monoisotopic (exact) mass is 411 g/mol. The van der Waals surface area contributed by atoms with E-state index in [1.807, 2.05) is 31.2 Å². The molecule has 1 aromatic heterocycles. The summed E-state index contributed by atoms with van der Waals surface area (Å²) in [5, 5.41) is 0. The van der Waals surface area contributed by atoms with Gasteiger partial charge in [0.2, 0.25) is 0 Å². The molecule has 30 heavy (non-hydrogen) atoms. The topological polar surface area (TPSA) is 82.7 Å². The van der Waals surface area contributed by atoms with E-state index < -0.39 is 5.97 Å². The van der Waals surface area contributed by atoms with Crippen molar-refractivity contribution in [1.29, 1.82) is 0 Å². The Balaban J connectivity index is 1.66. The molecular formula is C23H29N3O4. The third kappa shape index (κ3) is 4.16. The predicted octanol–water partition coefficient (Wildman–Crippen LogP) is 3.01. The highest BCUT2D eigenvalue weighted by atomic mass is 16.5. The lowest BCUT2D eigenvalue weighted by atomic mass is 10.0. The van der Waals surface area contributed by atoms with E-state index in [2.05, 4.69) is 14.8 Å². The molecular weight excluding hydrogens is 382 g/mol. The van der Waals surface area contributed by atoms with E-state index in [9.17, 15) is 14.4 Å². The molecule has 1 saturated heterocycles. The van der Waals surface area contributed by atoms with Gasteiger partial charge in [-0.05, 0) is 57.5 Å². The predicted molar refractivity (Wildman–Crippen MR) is 116 cm³/mol. The number of aromatic amines is 1. The summed E-state index contributed by atoms with van der Waals surface area (Å²) in [5.41, 5.74) is 3.99. The number of piperazine rings is 1. The normalized spacial score (nSPS) is 15.7. The lowest BCUT2D eigenvalue weighted by Crippen LogP contribution is -2.51. The Morgan fingerprint density at radius 2 is 1.63 bits per heavy atom. The number of esters is 1. The van der Waals surface area contributed by atoms with Gasteiger partial charge in [0.1, 0.15) is 0 Å². The van der Waals surface area contributed by atoms with Gasteiger partial charge in [0, 0.05) is 43.1 Å². The van der Waals surface area contributed by atoms with E-state index in [-0.39, 0.29) is 17.6 Å². The minimum atomic E-state index is -0.433. The van der Waals surface area contributed by atoms with Gasteiger partial charge in [-0.15, -0.1) is 0 Å². The summed E-state index contributed by atoms with van der Waals surface area (Å²) in [7, 11) is 1.34. The maximum absolute atomic E-state index is 13.1. The number of hydrogen-bond acceptors (Lipinski definition) is 6. The van der Waals surface area contributed by atoms with Crippen molar-refractivity contribution >= 4 is 23.2 Å². The minimum absolute atomic E-state index is 0.0231. The molecule has 1 unspecified atom stereocenters. The van der Waals surface area contributed by atoms with E-state index >= 15 is 0 Å². The van der Waals surface area contributed by atoms with Crippen LogP contribution in [-0.4, -0.2) is 66.8 Å². The second kappa shape index (κ2) is 8.83. The number of ether oxygens (including phenoxy) is 1. The van der Waals surface area contributed by atoms with Crippen LogP contribution in [0.3, 0.4) is 0 Å². The molecule has 0 bridgehead atoms. The third-order valence-corrected chi connectivity index (χ3v) is 5.95. The van der Waals surface area contributed by atoms with Crippen LogP contribution >= 0.6 is 0 Å². The van der Waals surface area contributed by atoms with Crippen molar-refractivity contribution < 1.29 is 19.1 Å². The second-order valence-electron chi connectivity index (χ2n) is 7.78. The van der Waals surface area contributed by atoms with Gasteiger partial charge >= 0.3 is 5.97 Å². The summed E-state index contributed by atoms with van der Waals surface area (Å²) in [5.74, 6) is -0.397. The molecule has 2 heterocycles. The zero-order valence-electron chi connectivity index (χ0n) is 18.2. The van der Waals surface area contributed by atoms with Crippen LogP contribution in [0.1, 0.15) is 56.3 Å². The number of nitrogens with one attached hydrogen (secondary N) is 1. The summed E-state index contributed by atoms with van der Waals surface area (Å²) in [6, 6.07) is 7.35. The van der Waals surface area contributed by atoms with Crippen molar-refractivity contribution in [3.8, 4) is 0 Å². The maximum atomic E-state index is 13.1. The zero-order valence-corrected chi connectivity index (χ0v) is 18.2. The summed E-state index contributed by atoms with van der Waals surface area (Å²) in [6.45, 7) is 10.1. The molecule has 1 atom stereocenters. The first-order valence-corrected chi connectivity index (χ1v) is 10.2. The van der Waals surface area contributed by atoms with Gasteiger partial charge in [-0.1, -0.05) is 0 Å². The molecule has 1 fully saturated rings. The zero-order chi connectivity index (χ0) is 22.0. The van der Waals surface area contributed by atoms with Crippen molar-refractivity contribution in [3.63, 3.8) is 0 Å². The highest BCUT2D eigenvalue weighted by Gasteiger charge is 2.30. The number of benzene rings is 1. The van der Waals surface area contributed by atoms with E-state index in [0.717, 1.165) is 31.9 Å². The number of Topliss-reactive ketones (excluding diaryl/α,β-unsaturated/α-hetero) is 2. The minimum Gasteiger partial charge on any atom is -0.465 e. The quantitative estimate of drug-likeness (QED) is 0.581. The van der Waals surface area contributed by atoms with Crippen LogP contribution in [0.2, 0.25) is 0 Å². The highest BCUT2D eigenvalue weighted by molar-refractivity contribution is 6.03. The van der Waals surface area contributed by atoms with Crippen LogP contribution in [0, 0.1) is 13.8 Å². The fraction of sp³-hybridized carbons (Fsp3) is 0.435. The number of rotatable bonds is 6. The van der Waals surface area contributed by atoms with Gasteiger partial charge in [0.05, 0.1) is 24.4 Å². The maximum Gasteiger partial charge on any atom is 0.339 e. The molecule has 1 aliphatic heterocycles. The number of methoxy groups -OCH3 is 1. The number of nitrogens with zero attached hydrogens (tertiary/aromatic N) is 2. The Bertz CT molecular complexity index is 954. The van der Waals surface area contributed by atoms with Gasteiger partial charge in [0.25, 0.3) is 0 Å². The number of ketones is 2. The Morgan fingerprint density at radius 1 is 1.03 bits per heavy atom. The molecule has 0 spiro atoms. The number of carbonyl (C=O) groups excluding carboxylic acids is 3. The first-order valence-electron chi connectivity index (χ1n) is 10.2. The van der Waals surface area contributed by atoms with Crippen molar-refractivity contribution in [2.24, 2.45) is 0 Å². The van der Waals surface area contributed by atoms with Crippen molar-refractivity contribution in [3.05, 3.63) is 52.3 Å². The Kier molecular flexibility index (Phi) is 6.41. The van der Waals surface area contributed by atoms with Crippen molar-refractivity contribution in [1.82, 2.24) is 9.88 Å². The molecule has 0 saturated carbocycles. The molecule has 160 valence electrons. The van der Waals surface area contributed by atoms with Crippen LogP contribution in [0.25, 0.3) is 0 Å². The lowest BCUT2D eigenvalue weighted by Gasteiger charge is -2.38. The number of anilines is 1. The molecule has 7 nitrogen and oxygen atoms in total. The number of H-pyrrole nitrogens is 1. The molecule has 0 amide bonds. The Hall–Kier alpha value is -2.93. The molecule has 0 radical (unpaired) electrons. The second-order valence-corrected chi connectivity index (χ2v) is 7.78. The third-order valence-electron chi connectivity index (χ3n) is 5.95. The van der Waals surface area contributed by atoms with E-state index in [1.165, 1.54) is 7.11 Å². The van der Waals surface area contributed by atoms with Crippen LogP contribution < -0.4 is 4.90 Å². The summed E-state index contributed by atoms with van der Waals surface area (Å²) in [6.07, 6.45) is 0. The fourth-order valence-electron chi connectivity index (χ4n) is 4.05. The summed E-state index contributed by atoms with van der Waals surface area (Å²) >= 11 is 0. The van der Waals surface area contributed by atoms with Crippen LogP contribution in [0.4, 0.5) is 5.69 Å². The highest BCUT2D eigenvalue weighted by Crippen LogP contribution is 2.23. The fourth-order valence-corrected chi connectivity index (χ4v) is 4.05. The first-order chi connectivity index (χ1) is 14.2. The molecule has 1 N–H and O–H groups in total. The van der Waals surface area contributed by atoms with Gasteiger partial charge in [-0.25, -0.2) is 4.79 Å². The first kappa shape index (κ1) is 21.8. The van der Waals surface area contributed by atoms with Gasteiger partial charge in [-0.2, -0.15) is 0 Å². The average molecular weight is 412 g/mol. The van der Waals surface area contributed by atoms with Crippen molar-refractivity contribution in [2.45, 2.75) is 33.7 Å². The van der Waals surface area contributed by atoms with Crippen molar-refractivity contribution in [2.75, 3.05) is 38.2 Å². The van der Waals surface area contributed by atoms with Crippen LogP contribution in [0.5, 0.6) is 0 Å². The number of carbonyl (C=O) groups is 3. The Morgan fingerprint density at radius 3 is 2.17 bits per heavy atom. The van der Waals surface area contributed by atoms with Gasteiger partial charge in [0.15, 0.2) is 11.6 Å². The number of aromatic nitrogens is 1. The lowest BCUT2D eigenvalue weighted by molar-refractivity contribution is 0.0599.